The third-order valence-corrected chi connectivity index (χ3v) is 8.15. The van der Waals surface area contributed by atoms with Crippen LogP contribution in [0.15, 0.2) is 58.7 Å². The second kappa shape index (κ2) is 8.96. The third kappa shape index (κ3) is 3.93. The van der Waals surface area contributed by atoms with E-state index in [4.69, 9.17) is 0 Å². The smallest absolute Gasteiger partial charge is 0.268 e. The van der Waals surface area contributed by atoms with Crippen molar-refractivity contribution < 1.29 is 9.59 Å². The number of hydrogen-bond acceptors (Lipinski definition) is 4. The zero-order chi connectivity index (χ0) is 24.7. The van der Waals surface area contributed by atoms with E-state index in [1.807, 2.05) is 61.2 Å². The highest BCUT2D eigenvalue weighted by molar-refractivity contribution is 7.10. The summed E-state index contributed by atoms with van der Waals surface area (Å²) in [5, 5.41) is 5.82. The highest BCUT2D eigenvalue weighted by atomic mass is 32.1. The number of carbonyl (C=O) groups is 2. The Morgan fingerprint density at radius 2 is 1.80 bits per heavy atom. The van der Waals surface area contributed by atoms with Gasteiger partial charge < -0.3 is 14.5 Å². The molecule has 6 nitrogen and oxygen atoms in total. The average Bonchev–Trinajstić information content (AvgIpc) is 3.30. The number of thiophene rings is 1. The zero-order valence-electron chi connectivity index (χ0n) is 20.3. The third-order valence-electron chi connectivity index (χ3n) is 7.07. The van der Waals surface area contributed by atoms with Crippen LogP contribution in [0.4, 0.5) is 0 Å². The van der Waals surface area contributed by atoms with Crippen molar-refractivity contribution in [1.82, 2.24) is 14.5 Å². The molecule has 1 amide bonds. The van der Waals surface area contributed by atoms with Crippen LogP contribution in [0.25, 0.3) is 10.9 Å². The number of rotatable bonds is 8. The first kappa shape index (κ1) is 23.3. The fourth-order valence-electron chi connectivity index (χ4n) is 5.02. The van der Waals surface area contributed by atoms with Crippen LogP contribution in [0.1, 0.15) is 63.7 Å². The SMILES string of the molecule is CCc1c(C(=O)NC2(c3cccs3)CC2)n(C)c2cc(CC)n(CC(=O)c3ccccc3)c(=O)c12. The van der Waals surface area contributed by atoms with Crippen molar-refractivity contribution in [2.24, 2.45) is 7.05 Å². The molecule has 3 heterocycles. The number of Topliss-reactive ketones (excluding diaryl/α,β-unsaturated/α-hetero) is 1. The molecule has 1 N–H and O–H groups in total. The van der Waals surface area contributed by atoms with Crippen molar-refractivity contribution >= 4 is 33.9 Å². The number of ketones is 1. The van der Waals surface area contributed by atoms with Crippen LogP contribution in [-0.2, 0) is 32.0 Å². The Morgan fingerprint density at radius 1 is 1.06 bits per heavy atom. The molecular weight excluding hydrogens is 458 g/mol. The number of hydrogen-bond donors (Lipinski definition) is 1. The second-order valence-corrected chi connectivity index (χ2v) is 10.1. The van der Waals surface area contributed by atoms with Gasteiger partial charge in [0.15, 0.2) is 5.78 Å². The largest absolute Gasteiger partial charge is 0.340 e. The lowest BCUT2D eigenvalue weighted by Crippen LogP contribution is -2.35. The van der Waals surface area contributed by atoms with Gasteiger partial charge >= 0.3 is 0 Å². The number of benzene rings is 1. The number of aryl methyl sites for hydroxylation is 3. The van der Waals surface area contributed by atoms with Gasteiger partial charge in [0.2, 0.25) is 0 Å². The molecule has 1 aromatic carbocycles. The molecule has 3 aromatic heterocycles. The van der Waals surface area contributed by atoms with Crippen molar-refractivity contribution in [3.8, 4) is 0 Å². The molecule has 0 radical (unpaired) electrons. The van der Waals surface area contributed by atoms with Gasteiger partial charge in [-0.05, 0) is 48.8 Å². The van der Waals surface area contributed by atoms with Crippen LogP contribution < -0.4 is 10.9 Å². The maximum atomic E-state index is 13.8. The molecule has 180 valence electrons. The van der Waals surface area contributed by atoms with E-state index < -0.39 is 0 Å². The molecule has 0 unspecified atom stereocenters. The first-order valence-corrected chi connectivity index (χ1v) is 13.0. The average molecular weight is 488 g/mol. The van der Waals surface area contributed by atoms with E-state index in [9.17, 15) is 14.4 Å². The molecule has 7 heteroatoms. The number of nitrogens with zero attached hydrogens (tertiary/aromatic N) is 2. The van der Waals surface area contributed by atoms with Gasteiger partial charge in [-0.3, -0.25) is 14.4 Å². The summed E-state index contributed by atoms with van der Waals surface area (Å²) in [6, 6.07) is 15.1. The normalized spacial score (nSPS) is 14.3. The van der Waals surface area contributed by atoms with Gasteiger partial charge in [-0.25, -0.2) is 0 Å². The van der Waals surface area contributed by atoms with E-state index in [1.54, 1.807) is 28.0 Å². The lowest BCUT2D eigenvalue weighted by atomic mass is 10.1. The Balaban J connectivity index is 1.59. The lowest BCUT2D eigenvalue weighted by molar-refractivity contribution is 0.0921. The highest BCUT2D eigenvalue weighted by Crippen LogP contribution is 2.47. The minimum Gasteiger partial charge on any atom is -0.340 e. The Morgan fingerprint density at radius 3 is 2.40 bits per heavy atom. The highest BCUT2D eigenvalue weighted by Gasteiger charge is 2.47. The predicted molar refractivity (Wildman–Crippen MR) is 139 cm³/mol. The number of fused-ring (bicyclic) bond motifs is 1. The molecular formula is C28H29N3O3S. The molecule has 35 heavy (non-hydrogen) atoms. The Bertz CT molecular complexity index is 1480. The molecule has 0 bridgehead atoms. The van der Waals surface area contributed by atoms with Crippen LogP contribution in [0.3, 0.4) is 0 Å². The molecule has 1 aliphatic carbocycles. The second-order valence-electron chi connectivity index (χ2n) is 9.18. The summed E-state index contributed by atoms with van der Waals surface area (Å²) >= 11 is 1.66. The summed E-state index contributed by atoms with van der Waals surface area (Å²) in [4.78, 5) is 41.5. The predicted octanol–water partition coefficient (Wildman–Crippen LogP) is 4.83. The minimum absolute atomic E-state index is 0.0248. The zero-order valence-corrected chi connectivity index (χ0v) is 21.1. The summed E-state index contributed by atoms with van der Waals surface area (Å²) in [6.07, 6.45) is 2.97. The first-order chi connectivity index (χ1) is 16.9. The van der Waals surface area contributed by atoms with Gasteiger partial charge in [-0.2, -0.15) is 0 Å². The number of aromatic nitrogens is 2. The monoisotopic (exact) mass is 487 g/mol. The maximum Gasteiger partial charge on any atom is 0.268 e. The van der Waals surface area contributed by atoms with Gasteiger partial charge in [0.1, 0.15) is 5.69 Å². The summed E-state index contributed by atoms with van der Waals surface area (Å²) < 4.78 is 3.42. The van der Waals surface area contributed by atoms with E-state index in [1.165, 1.54) is 0 Å². The fourth-order valence-corrected chi connectivity index (χ4v) is 5.96. The number of amides is 1. The molecule has 5 rings (SSSR count). The van der Waals surface area contributed by atoms with Crippen molar-refractivity contribution in [3.63, 3.8) is 0 Å². The molecule has 0 saturated heterocycles. The van der Waals surface area contributed by atoms with Crippen molar-refractivity contribution in [3.05, 3.63) is 91.7 Å². The summed E-state index contributed by atoms with van der Waals surface area (Å²) in [7, 11) is 1.85. The van der Waals surface area contributed by atoms with E-state index in [-0.39, 0.29) is 29.3 Å². The van der Waals surface area contributed by atoms with Crippen molar-refractivity contribution in [2.45, 2.75) is 51.6 Å². The Labute approximate surface area is 208 Å². The van der Waals surface area contributed by atoms with E-state index in [2.05, 4.69) is 11.4 Å². The van der Waals surface area contributed by atoms with E-state index >= 15 is 0 Å². The van der Waals surface area contributed by atoms with E-state index in [0.29, 0.717) is 29.5 Å². The van der Waals surface area contributed by atoms with Gasteiger partial charge in [-0.15, -0.1) is 11.3 Å². The minimum atomic E-state index is -0.302. The molecule has 1 saturated carbocycles. The molecule has 4 aromatic rings. The van der Waals surface area contributed by atoms with Crippen LogP contribution in [-0.4, -0.2) is 20.8 Å². The first-order valence-electron chi connectivity index (χ1n) is 12.1. The standard InChI is InChI=1S/C28H29N3O3S/c1-4-19-16-21-24(27(34)31(19)17-22(32)18-10-7-6-8-11-18)20(5-2)25(30(21)3)26(33)29-28(13-14-28)23-12-9-15-35-23/h6-12,15-16H,4-5,13-14,17H2,1-3H3,(H,29,33). The summed E-state index contributed by atoms with van der Waals surface area (Å²) in [6.45, 7) is 3.91. The topological polar surface area (TPSA) is 73.1 Å². The molecule has 0 spiro atoms. The van der Waals surface area contributed by atoms with Crippen LogP contribution in [0.2, 0.25) is 0 Å². The molecule has 1 fully saturated rings. The van der Waals surface area contributed by atoms with Crippen molar-refractivity contribution in [2.75, 3.05) is 0 Å². The summed E-state index contributed by atoms with van der Waals surface area (Å²) in [5.74, 6) is -0.267. The quantitative estimate of drug-likeness (QED) is 0.362. The van der Waals surface area contributed by atoms with Crippen LogP contribution in [0.5, 0.6) is 0 Å². The number of pyridine rings is 1. The lowest BCUT2D eigenvalue weighted by Gasteiger charge is -2.17. The van der Waals surface area contributed by atoms with Gasteiger partial charge in [0.05, 0.1) is 23.0 Å². The Kier molecular flexibility index (Phi) is 5.97. The molecule has 1 aliphatic rings. The summed E-state index contributed by atoms with van der Waals surface area (Å²) in [5.41, 5.74) is 2.83. The van der Waals surface area contributed by atoms with Gasteiger partial charge in [0.25, 0.3) is 11.5 Å². The Hall–Kier alpha value is -3.45. The molecule has 0 atom stereocenters. The number of nitrogens with one attached hydrogen (secondary N) is 1. The number of carbonyl (C=O) groups excluding carboxylic acids is 2. The maximum absolute atomic E-state index is 13.8. The van der Waals surface area contributed by atoms with Crippen molar-refractivity contribution in [1.29, 1.82) is 0 Å². The van der Waals surface area contributed by atoms with Crippen LogP contribution in [0, 0.1) is 0 Å². The van der Waals surface area contributed by atoms with Crippen LogP contribution >= 0.6 is 11.3 Å². The van der Waals surface area contributed by atoms with E-state index in [0.717, 1.165) is 34.5 Å². The fraction of sp³-hybridized carbons (Fsp3) is 0.321. The van der Waals surface area contributed by atoms with Gasteiger partial charge in [0, 0.05) is 23.2 Å². The van der Waals surface area contributed by atoms with Gasteiger partial charge in [-0.1, -0.05) is 50.2 Å². The molecule has 0 aliphatic heterocycles.